The number of anilines is 1. The van der Waals surface area contributed by atoms with E-state index in [9.17, 15) is 14.4 Å². The summed E-state index contributed by atoms with van der Waals surface area (Å²) in [6, 6.07) is 6.52. The molecule has 0 saturated heterocycles. The van der Waals surface area contributed by atoms with Gasteiger partial charge in [-0.25, -0.2) is 4.98 Å². The third kappa shape index (κ3) is 4.29. The first kappa shape index (κ1) is 17.4. The molecule has 3 amide bonds. The van der Waals surface area contributed by atoms with Crippen LogP contribution in [0.15, 0.2) is 30.5 Å². The number of nitrogens with two attached hydrogens (primary N) is 1. The van der Waals surface area contributed by atoms with Crippen LogP contribution in [-0.4, -0.2) is 48.3 Å². The van der Waals surface area contributed by atoms with Crippen LogP contribution < -0.4 is 15.8 Å². The van der Waals surface area contributed by atoms with Crippen LogP contribution in [0.25, 0.3) is 0 Å². The highest BCUT2D eigenvalue weighted by Crippen LogP contribution is 2.22. The lowest BCUT2D eigenvalue weighted by atomic mass is 10.2. The van der Waals surface area contributed by atoms with Crippen LogP contribution in [0, 0.1) is 0 Å². The summed E-state index contributed by atoms with van der Waals surface area (Å²) in [5.74, 6) is -1.03. The highest BCUT2D eigenvalue weighted by Gasteiger charge is 2.16. The Hall–Kier alpha value is -2.94. The van der Waals surface area contributed by atoms with Gasteiger partial charge in [0.2, 0.25) is 0 Å². The first-order valence-corrected chi connectivity index (χ1v) is 7.69. The van der Waals surface area contributed by atoms with Crippen molar-refractivity contribution < 1.29 is 19.1 Å². The number of thiazole rings is 1. The van der Waals surface area contributed by atoms with Gasteiger partial charge in [0.25, 0.3) is 17.7 Å². The second-order valence-electron chi connectivity index (χ2n) is 4.92. The van der Waals surface area contributed by atoms with Crippen molar-refractivity contribution in [1.29, 1.82) is 0 Å². The molecule has 0 aliphatic heterocycles. The third-order valence-corrected chi connectivity index (χ3v) is 3.88. The van der Waals surface area contributed by atoms with Gasteiger partial charge in [0.05, 0.1) is 11.8 Å². The summed E-state index contributed by atoms with van der Waals surface area (Å²) < 4.78 is 5.42. The number of nitrogens with zero attached hydrogens (tertiary/aromatic N) is 2. The van der Waals surface area contributed by atoms with Crippen molar-refractivity contribution in [2.24, 2.45) is 5.73 Å². The molecule has 0 aliphatic rings. The monoisotopic (exact) mass is 348 g/mol. The van der Waals surface area contributed by atoms with E-state index in [4.69, 9.17) is 10.5 Å². The first-order valence-electron chi connectivity index (χ1n) is 6.87. The molecule has 3 N–H and O–H groups in total. The minimum atomic E-state index is -0.612. The van der Waals surface area contributed by atoms with E-state index in [0.717, 1.165) is 11.3 Å². The van der Waals surface area contributed by atoms with Crippen molar-refractivity contribution in [1.82, 2.24) is 9.88 Å². The summed E-state index contributed by atoms with van der Waals surface area (Å²) in [6.45, 7) is -0.180. The average Bonchev–Trinajstić information content (AvgIpc) is 3.01. The second-order valence-corrected chi connectivity index (χ2v) is 5.95. The van der Waals surface area contributed by atoms with Crippen molar-refractivity contribution in [2.45, 2.75) is 0 Å². The molecule has 1 aromatic carbocycles. The Balaban J connectivity index is 2.11. The van der Waals surface area contributed by atoms with Crippen molar-refractivity contribution in [3.05, 3.63) is 40.9 Å². The number of amides is 3. The Morgan fingerprint density at radius 3 is 2.62 bits per heavy atom. The predicted molar refractivity (Wildman–Crippen MR) is 89.2 cm³/mol. The van der Waals surface area contributed by atoms with Gasteiger partial charge in [-0.1, -0.05) is 23.5 Å². The number of carbonyl (C=O) groups is 3. The van der Waals surface area contributed by atoms with Gasteiger partial charge in [0, 0.05) is 14.1 Å². The maximum absolute atomic E-state index is 12.4. The van der Waals surface area contributed by atoms with E-state index >= 15 is 0 Å². The van der Waals surface area contributed by atoms with Crippen LogP contribution in [0.4, 0.5) is 5.13 Å². The fourth-order valence-corrected chi connectivity index (χ4v) is 2.32. The lowest BCUT2D eigenvalue weighted by Crippen LogP contribution is -2.28. The highest BCUT2D eigenvalue weighted by molar-refractivity contribution is 7.17. The Morgan fingerprint density at radius 2 is 2.00 bits per heavy atom. The molecule has 24 heavy (non-hydrogen) atoms. The summed E-state index contributed by atoms with van der Waals surface area (Å²) in [7, 11) is 3.23. The number of ether oxygens (including phenoxy) is 1. The number of aromatic nitrogens is 1. The normalized spacial score (nSPS) is 10.1. The molecule has 0 spiro atoms. The summed E-state index contributed by atoms with van der Waals surface area (Å²) >= 11 is 0.973. The van der Waals surface area contributed by atoms with E-state index in [1.807, 2.05) is 0 Å². The molecule has 1 heterocycles. The number of carbonyl (C=O) groups excluding carboxylic acids is 3. The average molecular weight is 348 g/mol. The van der Waals surface area contributed by atoms with Crippen LogP contribution in [0.5, 0.6) is 5.75 Å². The van der Waals surface area contributed by atoms with Crippen LogP contribution >= 0.6 is 11.3 Å². The molecule has 0 bridgehead atoms. The molecule has 9 heteroatoms. The molecule has 126 valence electrons. The Morgan fingerprint density at radius 1 is 1.29 bits per heavy atom. The molecule has 2 rings (SSSR count). The van der Waals surface area contributed by atoms with Gasteiger partial charge in [-0.15, -0.1) is 0 Å². The highest BCUT2D eigenvalue weighted by atomic mass is 32.1. The minimum Gasteiger partial charge on any atom is -0.483 e. The second kappa shape index (κ2) is 7.55. The van der Waals surface area contributed by atoms with E-state index in [1.165, 1.54) is 11.1 Å². The zero-order chi connectivity index (χ0) is 17.7. The largest absolute Gasteiger partial charge is 0.483 e. The molecule has 0 saturated carbocycles. The van der Waals surface area contributed by atoms with E-state index in [1.54, 1.807) is 38.4 Å². The van der Waals surface area contributed by atoms with Gasteiger partial charge in [0.15, 0.2) is 11.7 Å². The molecule has 2 aromatic rings. The minimum absolute atomic E-state index is 0.180. The summed E-state index contributed by atoms with van der Waals surface area (Å²) in [5.41, 5.74) is 5.40. The van der Waals surface area contributed by atoms with E-state index in [0.29, 0.717) is 0 Å². The number of primary amides is 1. The van der Waals surface area contributed by atoms with Crippen molar-refractivity contribution in [2.75, 3.05) is 26.0 Å². The van der Waals surface area contributed by atoms with Gasteiger partial charge in [0.1, 0.15) is 10.6 Å². The van der Waals surface area contributed by atoms with Crippen LogP contribution in [0.1, 0.15) is 20.0 Å². The molecule has 8 nitrogen and oxygen atoms in total. The molecule has 0 fully saturated rings. The Kier molecular flexibility index (Phi) is 5.48. The van der Waals surface area contributed by atoms with Gasteiger partial charge < -0.3 is 15.4 Å². The van der Waals surface area contributed by atoms with Gasteiger partial charge in [-0.3, -0.25) is 19.7 Å². The smallest absolute Gasteiger partial charge is 0.261 e. The maximum atomic E-state index is 12.4. The van der Waals surface area contributed by atoms with Crippen molar-refractivity contribution in [3.8, 4) is 5.75 Å². The standard InChI is InChI=1S/C15H16N4O4S/c1-19(2)12(20)8-23-10-6-4-3-5-9(10)14(22)18-15-17-7-11(24-15)13(16)21/h3-7H,8H2,1-2H3,(H2,16,21)(H,17,18,22). The van der Waals surface area contributed by atoms with Crippen LogP contribution in [0.2, 0.25) is 0 Å². The van der Waals surface area contributed by atoms with Crippen LogP contribution in [-0.2, 0) is 4.79 Å². The molecule has 0 aliphatic carbocycles. The predicted octanol–water partition coefficient (Wildman–Crippen LogP) is 0.961. The lowest BCUT2D eigenvalue weighted by Gasteiger charge is -2.13. The quantitative estimate of drug-likeness (QED) is 0.807. The third-order valence-electron chi connectivity index (χ3n) is 2.95. The number of para-hydroxylation sites is 1. The van der Waals surface area contributed by atoms with E-state index in [-0.39, 0.29) is 33.8 Å². The first-order chi connectivity index (χ1) is 11.4. The maximum Gasteiger partial charge on any atom is 0.261 e. The zero-order valence-electron chi connectivity index (χ0n) is 13.1. The molecule has 1 aromatic heterocycles. The molecule has 0 atom stereocenters. The van der Waals surface area contributed by atoms with Gasteiger partial charge in [-0.05, 0) is 12.1 Å². The molecular formula is C15H16N4O4S. The number of hydrogen-bond donors (Lipinski definition) is 2. The topological polar surface area (TPSA) is 115 Å². The summed E-state index contributed by atoms with van der Waals surface area (Å²) in [4.78, 5) is 40.6. The zero-order valence-corrected chi connectivity index (χ0v) is 13.9. The Bertz CT molecular complexity index is 772. The molecule has 0 unspecified atom stereocenters. The van der Waals surface area contributed by atoms with E-state index in [2.05, 4.69) is 10.3 Å². The summed E-state index contributed by atoms with van der Waals surface area (Å²) in [6.07, 6.45) is 1.29. The number of hydrogen-bond acceptors (Lipinski definition) is 6. The number of benzene rings is 1. The van der Waals surface area contributed by atoms with Gasteiger partial charge in [-0.2, -0.15) is 0 Å². The fourth-order valence-electron chi connectivity index (χ4n) is 1.66. The number of likely N-dealkylation sites (N-methyl/N-ethyl adjacent to an activating group) is 1. The molecule has 0 radical (unpaired) electrons. The van der Waals surface area contributed by atoms with E-state index < -0.39 is 11.8 Å². The Labute approximate surface area is 142 Å². The number of rotatable bonds is 6. The lowest BCUT2D eigenvalue weighted by molar-refractivity contribution is -0.130. The van der Waals surface area contributed by atoms with Gasteiger partial charge >= 0.3 is 0 Å². The number of nitrogens with one attached hydrogen (secondary N) is 1. The summed E-state index contributed by atoms with van der Waals surface area (Å²) in [5, 5.41) is 2.81. The fraction of sp³-hybridized carbons (Fsp3) is 0.200. The molecular weight excluding hydrogens is 332 g/mol. The SMILES string of the molecule is CN(C)C(=O)COc1ccccc1C(=O)Nc1ncc(C(N)=O)s1. The van der Waals surface area contributed by atoms with Crippen LogP contribution in [0.3, 0.4) is 0 Å². The van der Waals surface area contributed by atoms with Crippen molar-refractivity contribution >= 4 is 34.2 Å². The van der Waals surface area contributed by atoms with Crippen molar-refractivity contribution in [3.63, 3.8) is 0 Å².